The van der Waals surface area contributed by atoms with Gasteiger partial charge in [-0.1, -0.05) is 38.8 Å². The Hall–Kier alpha value is -3.04. The molecule has 1 aromatic heterocycles. The van der Waals surface area contributed by atoms with Crippen LogP contribution in [0.1, 0.15) is 46.0 Å². The monoisotopic (exact) mass is 407 g/mol. The number of carbonyl (C=O) groups is 2. The Kier molecular flexibility index (Phi) is 9.00. The van der Waals surface area contributed by atoms with Crippen LogP contribution in [0.15, 0.2) is 23.2 Å². The van der Waals surface area contributed by atoms with E-state index in [1.807, 2.05) is 24.8 Å². The van der Waals surface area contributed by atoms with E-state index in [-0.39, 0.29) is 24.6 Å². The van der Waals surface area contributed by atoms with Gasteiger partial charge in [-0.25, -0.2) is 9.59 Å². The van der Waals surface area contributed by atoms with E-state index in [9.17, 15) is 14.8 Å². The maximum atomic E-state index is 12.0. The first-order valence-electron chi connectivity index (χ1n) is 9.93. The Labute approximate surface area is 169 Å². The van der Waals surface area contributed by atoms with Gasteiger partial charge in [0.2, 0.25) is 0 Å². The predicted octanol–water partition coefficient (Wildman–Crippen LogP) is 3.07. The quantitative estimate of drug-likeness (QED) is 0.386. The van der Waals surface area contributed by atoms with Crippen molar-refractivity contribution in [3.63, 3.8) is 0 Å². The summed E-state index contributed by atoms with van der Waals surface area (Å²) in [6.45, 7) is 5.78. The minimum Gasteiger partial charge on any atom is -0.449 e. The van der Waals surface area contributed by atoms with Crippen LogP contribution >= 0.6 is 0 Å². The molecular weight excluding hydrogens is 378 g/mol. The van der Waals surface area contributed by atoms with Crippen molar-refractivity contribution in [1.82, 2.24) is 9.71 Å². The van der Waals surface area contributed by atoms with Gasteiger partial charge in [0.25, 0.3) is 5.62 Å². The zero-order valence-electron chi connectivity index (χ0n) is 17.0. The number of hydrogen-bond donors (Lipinski definition) is 2. The fourth-order valence-corrected chi connectivity index (χ4v) is 2.51. The lowest BCUT2D eigenvalue weighted by molar-refractivity contribution is 0.145. The number of nitrogens with zero attached hydrogens (tertiary/aromatic N) is 4. The first-order valence-corrected chi connectivity index (χ1v) is 9.93. The first kappa shape index (κ1) is 22.3. The number of ether oxygens (including phenoxy) is 2. The van der Waals surface area contributed by atoms with Crippen molar-refractivity contribution >= 4 is 23.8 Å². The molecule has 0 spiro atoms. The maximum absolute atomic E-state index is 12.0. The number of carbonyl (C=O) groups excluding carboxylic acids is 2. The largest absolute Gasteiger partial charge is 0.449 e. The summed E-state index contributed by atoms with van der Waals surface area (Å²) in [7, 11) is 0. The normalized spacial score (nSPS) is 14.0. The van der Waals surface area contributed by atoms with E-state index < -0.39 is 12.2 Å². The second-order valence-corrected chi connectivity index (χ2v) is 6.51. The summed E-state index contributed by atoms with van der Waals surface area (Å²) >= 11 is 0. The fraction of sp³-hybridized carbons (Fsp3) is 0.579. The van der Waals surface area contributed by atoms with Crippen molar-refractivity contribution in [2.24, 2.45) is 4.99 Å². The molecule has 0 atom stereocenters. The lowest BCUT2D eigenvalue weighted by atomic mass is 10.2. The third-order valence-corrected chi connectivity index (χ3v) is 4.16. The molecule has 1 aliphatic rings. The first-order chi connectivity index (χ1) is 14.0. The number of nitrogens with one attached hydrogen (secondary N) is 1. The average molecular weight is 407 g/mol. The van der Waals surface area contributed by atoms with Crippen molar-refractivity contribution in [2.75, 3.05) is 36.5 Å². The molecule has 0 bridgehead atoms. The molecule has 0 radical (unpaired) electrons. The third kappa shape index (κ3) is 7.13. The molecule has 160 valence electrons. The van der Waals surface area contributed by atoms with Gasteiger partial charge in [0.15, 0.2) is 5.82 Å². The Balaban J connectivity index is 2.29. The van der Waals surface area contributed by atoms with Gasteiger partial charge in [0, 0.05) is 19.2 Å². The van der Waals surface area contributed by atoms with Crippen LogP contribution in [0.25, 0.3) is 0 Å². The molecule has 29 heavy (non-hydrogen) atoms. The Morgan fingerprint density at radius 2 is 1.93 bits per heavy atom. The van der Waals surface area contributed by atoms with E-state index in [4.69, 9.17) is 9.47 Å². The van der Waals surface area contributed by atoms with Gasteiger partial charge in [-0.05, 0) is 19.3 Å². The van der Waals surface area contributed by atoms with E-state index >= 15 is 0 Å². The summed E-state index contributed by atoms with van der Waals surface area (Å²) in [6, 6.07) is 1.50. The SMILES string of the molecule is CCCCOC(=O)N=c1nc(N2CC=CCC2)cc(NC(=O)OCCCC)n1O. The molecule has 2 N–H and O–H groups in total. The van der Waals surface area contributed by atoms with Crippen molar-refractivity contribution in [3.8, 4) is 0 Å². The van der Waals surface area contributed by atoms with E-state index in [2.05, 4.69) is 21.4 Å². The number of amides is 2. The second-order valence-electron chi connectivity index (χ2n) is 6.51. The molecule has 10 nitrogen and oxygen atoms in total. The molecule has 1 aromatic rings. The zero-order chi connectivity index (χ0) is 21.1. The molecule has 0 fully saturated rings. The summed E-state index contributed by atoms with van der Waals surface area (Å²) in [6.07, 6.45) is 6.52. The summed E-state index contributed by atoms with van der Waals surface area (Å²) in [5.74, 6) is 0.453. The van der Waals surface area contributed by atoms with Crippen molar-refractivity contribution in [1.29, 1.82) is 0 Å². The topological polar surface area (TPSA) is 118 Å². The molecule has 0 saturated carbocycles. The van der Waals surface area contributed by atoms with Gasteiger partial charge in [0.05, 0.1) is 13.2 Å². The Morgan fingerprint density at radius 3 is 2.59 bits per heavy atom. The standard InChI is InChI=1S/C19H29N5O5/c1-3-5-12-28-18(25)21-16-14-15(23-10-8-7-9-11-23)20-17(24(16)27)22-19(26)29-13-6-4-2/h7-8,14,27H,3-6,9-13H2,1-2H3,(H,21,25). The van der Waals surface area contributed by atoms with Crippen LogP contribution in [-0.4, -0.2) is 53.4 Å². The second kappa shape index (κ2) is 11.7. The highest BCUT2D eigenvalue weighted by Crippen LogP contribution is 2.17. The van der Waals surface area contributed by atoms with Crippen LogP contribution in [0.5, 0.6) is 0 Å². The van der Waals surface area contributed by atoms with Crippen LogP contribution in [0.2, 0.25) is 0 Å². The minimum absolute atomic E-state index is 0.00819. The van der Waals surface area contributed by atoms with Crippen molar-refractivity contribution < 1.29 is 24.3 Å². The minimum atomic E-state index is -0.860. The van der Waals surface area contributed by atoms with Gasteiger partial charge < -0.3 is 19.6 Å². The Bertz CT molecular complexity index is 790. The van der Waals surface area contributed by atoms with Gasteiger partial charge >= 0.3 is 12.2 Å². The number of unbranched alkanes of at least 4 members (excludes halogenated alkanes) is 2. The smallest absolute Gasteiger partial charge is 0.437 e. The zero-order valence-corrected chi connectivity index (χ0v) is 17.0. The van der Waals surface area contributed by atoms with E-state index in [0.717, 1.165) is 25.7 Å². The van der Waals surface area contributed by atoms with Crippen LogP contribution < -0.4 is 15.8 Å². The van der Waals surface area contributed by atoms with Gasteiger partial charge in [0.1, 0.15) is 5.82 Å². The van der Waals surface area contributed by atoms with Gasteiger partial charge in [-0.3, -0.25) is 5.32 Å². The molecule has 2 amide bonds. The van der Waals surface area contributed by atoms with E-state index in [0.29, 0.717) is 30.1 Å². The highest BCUT2D eigenvalue weighted by atomic mass is 16.6. The average Bonchev–Trinajstić information content (AvgIpc) is 2.72. The number of anilines is 2. The third-order valence-electron chi connectivity index (χ3n) is 4.16. The molecule has 0 unspecified atom stereocenters. The summed E-state index contributed by atoms with van der Waals surface area (Å²) < 4.78 is 10.6. The summed E-state index contributed by atoms with van der Waals surface area (Å²) in [5, 5.41) is 12.9. The lowest BCUT2D eigenvalue weighted by Crippen LogP contribution is -2.34. The lowest BCUT2D eigenvalue weighted by Gasteiger charge is -2.25. The predicted molar refractivity (Wildman–Crippen MR) is 107 cm³/mol. The number of rotatable bonds is 8. The van der Waals surface area contributed by atoms with Crippen molar-refractivity contribution in [2.45, 2.75) is 46.0 Å². The highest BCUT2D eigenvalue weighted by Gasteiger charge is 2.16. The van der Waals surface area contributed by atoms with E-state index in [1.165, 1.54) is 6.07 Å². The van der Waals surface area contributed by atoms with Crippen LogP contribution in [0, 0.1) is 0 Å². The molecule has 0 aliphatic carbocycles. The van der Waals surface area contributed by atoms with Crippen LogP contribution in [0.4, 0.5) is 21.2 Å². The van der Waals surface area contributed by atoms with Gasteiger partial charge in [-0.2, -0.15) is 4.98 Å². The van der Waals surface area contributed by atoms with Gasteiger partial charge in [-0.15, -0.1) is 9.72 Å². The summed E-state index contributed by atoms with van der Waals surface area (Å²) in [5.41, 5.74) is -0.289. The molecule has 2 heterocycles. The summed E-state index contributed by atoms with van der Waals surface area (Å²) in [4.78, 5) is 33.9. The van der Waals surface area contributed by atoms with Crippen molar-refractivity contribution in [3.05, 3.63) is 23.8 Å². The molecule has 0 aromatic carbocycles. The molecule has 0 saturated heterocycles. The van der Waals surface area contributed by atoms with E-state index in [1.54, 1.807) is 0 Å². The molecule has 2 rings (SSSR count). The highest BCUT2D eigenvalue weighted by molar-refractivity contribution is 5.83. The van der Waals surface area contributed by atoms with Crippen LogP contribution in [0.3, 0.4) is 0 Å². The molecule has 10 heteroatoms. The fourth-order valence-electron chi connectivity index (χ4n) is 2.51. The number of hydrogen-bond acceptors (Lipinski definition) is 7. The molecular formula is C19H29N5O5. The Morgan fingerprint density at radius 1 is 1.21 bits per heavy atom. The maximum Gasteiger partial charge on any atom is 0.437 e. The molecule has 1 aliphatic heterocycles. The number of aromatic nitrogens is 2. The van der Waals surface area contributed by atoms with Crippen LogP contribution in [-0.2, 0) is 9.47 Å².